The van der Waals surface area contributed by atoms with Gasteiger partial charge in [0.1, 0.15) is 23.0 Å². The molecule has 1 atom stereocenters. The molecule has 8 heteroatoms. The Balaban J connectivity index is 1.49. The van der Waals surface area contributed by atoms with Crippen molar-refractivity contribution in [1.82, 2.24) is 24.8 Å². The van der Waals surface area contributed by atoms with Crippen molar-refractivity contribution < 1.29 is 9.15 Å². The lowest BCUT2D eigenvalue weighted by atomic mass is 10.1. The van der Waals surface area contributed by atoms with Crippen molar-refractivity contribution in [2.24, 2.45) is 0 Å². The summed E-state index contributed by atoms with van der Waals surface area (Å²) in [5, 5.41) is 7.93. The Kier molecular flexibility index (Phi) is 4.92. The Morgan fingerprint density at radius 1 is 1.12 bits per heavy atom. The third-order valence-electron chi connectivity index (χ3n) is 6.07. The number of nitrogens with one attached hydrogen (secondary N) is 2. The predicted molar refractivity (Wildman–Crippen MR) is 128 cm³/mol. The smallest absolute Gasteiger partial charge is 0.224 e. The van der Waals surface area contributed by atoms with E-state index in [1.54, 1.807) is 19.6 Å². The summed E-state index contributed by atoms with van der Waals surface area (Å²) in [4.78, 5) is 14.3. The topological polar surface area (TPSA) is 90.0 Å². The maximum atomic E-state index is 5.52. The Morgan fingerprint density at radius 3 is 2.97 bits per heavy atom. The summed E-state index contributed by atoms with van der Waals surface area (Å²) < 4.78 is 13.0. The molecule has 0 spiro atoms. The fourth-order valence-corrected chi connectivity index (χ4v) is 4.42. The van der Waals surface area contributed by atoms with E-state index in [1.165, 1.54) is 0 Å². The maximum absolute atomic E-state index is 5.52. The first-order valence-corrected chi connectivity index (χ1v) is 11.1. The molecule has 4 heterocycles. The van der Waals surface area contributed by atoms with E-state index in [-0.39, 0.29) is 0 Å². The van der Waals surface area contributed by atoms with Crippen LogP contribution in [0.2, 0.25) is 0 Å². The quantitative estimate of drug-likeness (QED) is 0.419. The van der Waals surface area contributed by atoms with E-state index in [1.807, 2.05) is 42.5 Å². The Labute approximate surface area is 190 Å². The first-order chi connectivity index (χ1) is 16.3. The van der Waals surface area contributed by atoms with Gasteiger partial charge in [0.25, 0.3) is 0 Å². The van der Waals surface area contributed by atoms with Crippen LogP contribution in [0, 0.1) is 0 Å². The van der Waals surface area contributed by atoms with Crippen LogP contribution in [0.5, 0.6) is 5.75 Å². The molecule has 3 aromatic heterocycles. The van der Waals surface area contributed by atoms with Gasteiger partial charge in [-0.15, -0.1) is 0 Å². The van der Waals surface area contributed by atoms with Gasteiger partial charge in [0, 0.05) is 35.8 Å². The lowest BCUT2D eigenvalue weighted by molar-refractivity contribution is 0.415. The molecule has 1 saturated heterocycles. The average molecular weight is 441 g/mol. The summed E-state index contributed by atoms with van der Waals surface area (Å²) in [7, 11) is 1.66. The lowest BCUT2D eigenvalue weighted by Crippen LogP contribution is -2.38. The number of piperidine rings is 1. The molecule has 1 aliphatic heterocycles. The number of anilines is 1. The number of imidazole rings is 1. The number of ether oxygens (including phenoxy) is 1. The fourth-order valence-electron chi connectivity index (χ4n) is 4.42. The van der Waals surface area contributed by atoms with Crippen molar-refractivity contribution in [3.8, 4) is 23.0 Å². The number of benzene rings is 2. The van der Waals surface area contributed by atoms with Crippen molar-refractivity contribution in [2.45, 2.75) is 18.9 Å². The molecular formula is C25H24N6O2. The number of hydrogen-bond acceptors (Lipinski definition) is 7. The molecule has 1 aliphatic rings. The van der Waals surface area contributed by atoms with Crippen LogP contribution >= 0.6 is 0 Å². The molecule has 0 amide bonds. The summed E-state index contributed by atoms with van der Waals surface area (Å²) in [6.07, 6.45) is 5.74. The molecule has 166 valence electrons. The molecule has 33 heavy (non-hydrogen) atoms. The monoisotopic (exact) mass is 440 g/mol. The van der Waals surface area contributed by atoms with Gasteiger partial charge in [-0.2, -0.15) is 4.98 Å². The van der Waals surface area contributed by atoms with E-state index in [0.29, 0.717) is 12.0 Å². The van der Waals surface area contributed by atoms with Gasteiger partial charge in [0.15, 0.2) is 0 Å². The third kappa shape index (κ3) is 3.68. The van der Waals surface area contributed by atoms with Crippen molar-refractivity contribution in [1.29, 1.82) is 0 Å². The summed E-state index contributed by atoms with van der Waals surface area (Å²) >= 11 is 0. The Morgan fingerprint density at radius 2 is 2.09 bits per heavy atom. The second kappa shape index (κ2) is 8.22. The number of nitrogens with zero attached hydrogens (tertiary/aromatic N) is 4. The van der Waals surface area contributed by atoms with E-state index in [0.717, 1.165) is 70.9 Å². The zero-order valence-electron chi connectivity index (χ0n) is 18.3. The van der Waals surface area contributed by atoms with Gasteiger partial charge >= 0.3 is 0 Å². The van der Waals surface area contributed by atoms with Gasteiger partial charge in [-0.25, -0.2) is 9.97 Å². The van der Waals surface area contributed by atoms with Crippen LogP contribution in [0.15, 0.2) is 65.4 Å². The highest BCUT2D eigenvalue weighted by Crippen LogP contribution is 2.32. The van der Waals surface area contributed by atoms with Gasteiger partial charge in [0.2, 0.25) is 5.95 Å². The minimum Gasteiger partial charge on any atom is -0.497 e. The standard InChI is InChI=1S/C25H24N6O2/c1-32-19-5-6-21-20(14-19)29-24(17-4-7-22-16(13-17)9-12-33-22)31(21)23-8-11-27-25(30-23)28-18-3-2-10-26-15-18/h4-9,11-14,18,26H,2-3,10,15H2,1H3,(H,27,28,30)/t18-/m0/s1. The van der Waals surface area contributed by atoms with Crippen LogP contribution in [0.1, 0.15) is 12.8 Å². The van der Waals surface area contributed by atoms with E-state index in [9.17, 15) is 0 Å². The molecule has 0 saturated carbocycles. The molecule has 6 rings (SSSR count). The van der Waals surface area contributed by atoms with Crippen molar-refractivity contribution in [2.75, 3.05) is 25.5 Å². The van der Waals surface area contributed by atoms with Crippen molar-refractivity contribution in [3.63, 3.8) is 0 Å². The number of rotatable bonds is 5. The normalized spacial score (nSPS) is 16.3. The van der Waals surface area contributed by atoms with Crippen LogP contribution in [-0.4, -0.2) is 45.8 Å². The highest BCUT2D eigenvalue weighted by atomic mass is 16.5. The number of methoxy groups -OCH3 is 1. The first-order valence-electron chi connectivity index (χ1n) is 11.1. The number of hydrogen-bond donors (Lipinski definition) is 2. The minimum absolute atomic E-state index is 0.320. The van der Waals surface area contributed by atoms with E-state index in [2.05, 4.69) is 26.3 Å². The highest BCUT2D eigenvalue weighted by Gasteiger charge is 2.18. The summed E-state index contributed by atoms with van der Waals surface area (Å²) in [6, 6.07) is 16.2. The average Bonchev–Trinajstić information content (AvgIpc) is 3.48. The largest absolute Gasteiger partial charge is 0.497 e. The predicted octanol–water partition coefficient (Wildman–Crippen LogP) is 4.40. The zero-order chi connectivity index (χ0) is 22.2. The SMILES string of the molecule is COc1ccc2c(c1)nc(-c1ccc3occc3c1)n2-c1ccnc(N[C@H]2CCCNC2)n1. The molecule has 0 radical (unpaired) electrons. The first kappa shape index (κ1) is 19.8. The van der Waals surface area contributed by atoms with Crippen LogP contribution in [-0.2, 0) is 0 Å². The van der Waals surface area contributed by atoms with Crippen molar-refractivity contribution in [3.05, 3.63) is 61.0 Å². The van der Waals surface area contributed by atoms with Gasteiger partial charge in [-0.1, -0.05) is 0 Å². The molecule has 2 aromatic carbocycles. The Hall–Kier alpha value is -3.91. The molecule has 8 nitrogen and oxygen atoms in total. The number of furan rings is 1. The van der Waals surface area contributed by atoms with Crippen LogP contribution < -0.4 is 15.4 Å². The van der Waals surface area contributed by atoms with Gasteiger partial charge in [0.05, 0.1) is 24.4 Å². The van der Waals surface area contributed by atoms with Gasteiger partial charge in [-0.3, -0.25) is 4.57 Å². The number of fused-ring (bicyclic) bond motifs is 2. The molecular weight excluding hydrogens is 416 g/mol. The molecule has 0 bridgehead atoms. The van der Waals surface area contributed by atoms with E-state index in [4.69, 9.17) is 19.1 Å². The fraction of sp³-hybridized carbons (Fsp3) is 0.240. The van der Waals surface area contributed by atoms with Crippen molar-refractivity contribution >= 4 is 28.0 Å². The molecule has 2 N–H and O–H groups in total. The Bertz CT molecular complexity index is 1430. The van der Waals surface area contributed by atoms with Crippen LogP contribution in [0.3, 0.4) is 0 Å². The minimum atomic E-state index is 0.320. The second-order valence-electron chi connectivity index (χ2n) is 8.22. The molecule has 5 aromatic rings. The van der Waals surface area contributed by atoms with Crippen LogP contribution in [0.25, 0.3) is 39.2 Å². The molecule has 0 unspecified atom stereocenters. The molecule has 1 fully saturated rings. The van der Waals surface area contributed by atoms with E-state index >= 15 is 0 Å². The summed E-state index contributed by atoms with van der Waals surface area (Å²) in [5.74, 6) is 2.93. The summed E-state index contributed by atoms with van der Waals surface area (Å²) in [5.41, 5.74) is 3.60. The number of aromatic nitrogens is 4. The molecule has 0 aliphatic carbocycles. The zero-order valence-corrected chi connectivity index (χ0v) is 18.3. The summed E-state index contributed by atoms with van der Waals surface area (Å²) in [6.45, 7) is 1.98. The lowest BCUT2D eigenvalue weighted by Gasteiger charge is -2.23. The van der Waals surface area contributed by atoms with Gasteiger partial charge in [-0.05, 0) is 61.9 Å². The van der Waals surface area contributed by atoms with E-state index < -0.39 is 0 Å². The maximum Gasteiger partial charge on any atom is 0.224 e. The second-order valence-corrected chi connectivity index (χ2v) is 8.22. The van der Waals surface area contributed by atoms with Gasteiger partial charge < -0.3 is 19.8 Å². The third-order valence-corrected chi connectivity index (χ3v) is 6.07. The highest BCUT2D eigenvalue weighted by molar-refractivity contribution is 5.87. The van der Waals surface area contributed by atoms with Crippen LogP contribution in [0.4, 0.5) is 5.95 Å².